The van der Waals surface area contributed by atoms with Gasteiger partial charge in [0.2, 0.25) is 0 Å². The largest absolute Gasteiger partial charge is 0.267 e. The number of hydrogen-bond acceptors (Lipinski definition) is 2. The average Bonchev–Trinajstić information content (AvgIpc) is 2.59. The van der Waals surface area contributed by atoms with Crippen molar-refractivity contribution in [1.82, 2.24) is 9.78 Å². The fourth-order valence-corrected chi connectivity index (χ4v) is 2.64. The van der Waals surface area contributed by atoms with Crippen LogP contribution in [0.15, 0.2) is 35.2 Å². The molecule has 0 aliphatic rings. The lowest BCUT2D eigenvalue weighted by atomic mass is 10.4. The number of nitrogens with zero attached hydrogens (tertiary/aromatic N) is 2. The van der Waals surface area contributed by atoms with E-state index in [1.807, 2.05) is 36.4 Å². The first-order valence-electron chi connectivity index (χ1n) is 5.56. The molecule has 1 aromatic carbocycles. The fraction of sp³-hybridized carbons (Fsp3) is 0.308. The van der Waals surface area contributed by atoms with E-state index in [0.717, 1.165) is 28.7 Å². The molecule has 0 spiro atoms. The van der Waals surface area contributed by atoms with Crippen LogP contribution in [0.5, 0.6) is 0 Å². The molecule has 2 rings (SSSR count). The maximum absolute atomic E-state index is 6.10. The first-order chi connectivity index (χ1) is 8.18. The number of benzene rings is 1. The van der Waals surface area contributed by atoms with Crippen LogP contribution in [0.25, 0.3) is 0 Å². The predicted molar refractivity (Wildman–Crippen MR) is 73.9 cm³/mol. The molecule has 1 heterocycles. The average molecular weight is 267 g/mol. The lowest BCUT2D eigenvalue weighted by Crippen LogP contribution is -2.04. The molecule has 2 nitrogen and oxygen atoms in total. The molecule has 0 aliphatic heterocycles. The molecule has 0 unspecified atom stereocenters. The SMILES string of the molecule is Cc1nn(CCSc2ccccc2)c(C)c1Cl. The molecular formula is C13H15ClN2S. The minimum absolute atomic E-state index is 0.787. The third kappa shape index (κ3) is 3.05. The number of halogens is 1. The Morgan fingerprint density at radius 1 is 1.24 bits per heavy atom. The highest BCUT2D eigenvalue weighted by Gasteiger charge is 2.08. The van der Waals surface area contributed by atoms with E-state index in [-0.39, 0.29) is 0 Å². The van der Waals surface area contributed by atoms with Crippen molar-refractivity contribution in [2.24, 2.45) is 0 Å². The van der Waals surface area contributed by atoms with Crippen molar-refractivity contribution in [2.45, 2.75) is 25.3 Å². The molecule has 2 aromatic rings. The molecule has 0 radical (unpaired) electrons. The van der Waals surface area contributed by atoms with Crippen molar-refractivity contribution in [3.63, 3.8) is 0 Å². The molecule has 0 amide bonds. The zero-order chi connectivity index (χ0) is 12.3. The van der Waals surface area contributed by atoms with Crippen molar-refractivity contribution in [3.8, 4) is 0 Å². The molecule has 17 heavy (non-hydrogen) atoms. The quantitative estimate of drug-likeness (QED) is 0.780. The Kier molecular flexibility index (Phi) is 4.13. The monoisotopic (exact) mass is 266 g/mol. The Hall–Kier alpha value is -0.930. The molecule has 0 fully saturated rings. The van der Waals surface area contributed by atoms with Crippen molar-refractivity contribution >= 4 is 23.4 Å². The van der Waals surface area contributed by atoms with Gasteiger partial charge in [-0.1, -0.05) is 29.8 Å². The Morgan fingerprint density at radius 3 is 2.53 bits per heavy atom. The molecule has 0 saturated heterocycles. The third-order valence-corrected chi connectivity index (χ3v) is 4.15. The van der Waals surface area contributed by atoms with Crippen LogP contribution in [0.3, 0.4) is 0 Å². The van der Waals surface area contributed by atoms with Crippen LogP contribution < -0.4 is 0 Å². The van der Waals surface area contributed by atoms with Crippen LogP contribution in [-0.4, -0.2) is 15.5 Å². The Labute approximate surface area is 111 Å². The number of aromatic nitrogens is 2. The van der Waals surface area contributed by atoms with Gasteiger partial charge in [-0.05, 0) is 26.0 Å². The summed E-state index contributed by atoms with van der Waals surface area (Å²) in [6.45, 7) is 4.84. The molecule has 0 bridgehead atoms. The second kappa shape index (κ2) is 5.61. The number of thioether (sulfide) groups is 1. The van der Waals surface area contributed by atoms with Gasteiger partial charge in [-0.2, -0.15) is 5.10 Å². The standard InChI is InChI=1S/C13H15ClN2S/c1-10-13(14)11(2)16(15-10)8-9-17-12-6-4-3-5-7-12/h3-7H,8-9H2,1-2H3. The van der Waals surface area contributed by atoms with Crippen LogP contribution in [0, 0.1) is 13.8 Å². The number of aryl methyl sites for hydroxylation is 2. The fourth-order valence-electron chi connectivity index (χ4n) is 1.66. The zero-order valence-electron chi connectivity index (χ0n) is 9.98. The van der Waals surface area contributed by atoms with Crippen molar-refractivity contribution in [2.75, 3.05) is 5.75 Å². The summed E-state index contributed by atoms with van der Waals surface area (Å²) in [5, 5.41) is 5.20. The summed E-state index contributed by atoms with van der Waals surface area (Å²) in [5.41, 5.74) is 1.96. The van der Waals surface area contributed by atoms with Crippen LogP contribution in [-0.2, 0) is 6.54 Å². The van der Waals surface area contributed by atoms with Gasteiger partial charge in [-0.15, -0.1) is 11.8 Å². The lowest BCUT2D eigenvalue weighted by molar-refractivity contribution is 0.640. The van der Waals surface area contributed by atoms with E-state index in [0.29, 0.717) is 0 Å². The van der Waals surface area contributed by atoms with Crippen LogP contribution in [0.2, 0.25) is 5.02 Å². The van der Waals surface area contributed by atoms with Gasteiger partial charge in [-0.3, -0.25) is 4.68 Å². The van der Waals surface area contributed by atoms with E-state index in [2.05, 4.69) is 29.4 Å². The molecule has 1 aromatic heterocycles. The van der Waals surface area contributed by atoms with Gasteiger partial charge in [-0.25, -0.2) is 0 Å². The summed E-state index contributed by atoms with van der Waals surface area (Å²) in [4.78, 5) is 1.29. The predicted octanol–water partition coefficient (Wildman–Crippen LogP) is 3.95. The summed E-state index contributed by atoms with van der Waals surface area (Å²) >= 11 is 7.94. The van der Waals surface area contributed by atoms with E-state index in [9.17, 15) is 0 Å². The normalized spacial score (nSPS) is 10.8. The van der Waals surface area contributed by atoms with E-state index >= 15 is 0 Å². The molecule has 0 atom stereocenters. The molecule has 90 valence electrons. The summed E-state index contributed by atoms with van der Waals surface area (Å²) < 4.78 is 1.98. The minimum Gasteiger partial charge on any atom is -0.267 e. The first kappa shape index (κ1) is 12.5. The maximum atomic E-state index is 6.10. The molecule has 0 aliphatic carbocycles. The van der Waals surface area contributed by atoms with Crippen LogP contribution >= 0.6 is 23.4 Å². The van der Waals surface area contributed by atoms with Crippen LogP contribution in [0.1, 0.15) is 11.4 Å². The van der Waals surface area contributed by atoms with E-state index in [1.54, 1.807) is 0 Å². The molecule has 4 heteroatoms. The van der Waals surface area contributed by atoms with Gasteiger partial charge in [0, 0.05) is 10.6 Å². The maximum Gasteiger partial charge on any atom is 0.0844 e. The second-order valence-electron chi connectivity index (χ2n) is 3.87. The highest BCUT2D eigenvalue weighted by molar-refractivity contribution is 7.99. The van der Waals surface area contributed by atoms with Crippen molar-refractivity contribution < 1.29 is 0 Å². The van der Waals surface area contributed by atoms with E-state index in [1.165, 1.54) is 4.90 Å². The molecule has 0 saturated carbocycles. The van der Waals surface area contributed by atoms with Gasteiger partial charge in [0.25, 0.3) is 0 Å². The first-order valence-corrected chi connectivity index (χ1v) is 6.92. The molecular weight excluding hydrogens is 252 g/mol. The number of hydrogen-bond donors (Lipinski definition) is 0. The third-order valence-electron chi connectivity index (χ3n) is 2.61. The van der Waals surface area contributed by atoms with Gasteiger partial charge < -0.3 is 0 Å². The van der Waals surface area contributed by atoms with Gasteiger partial charge in [0.15, 0.2) is 0 Å². The minimum atomic E-state index is 0.787. The summed E-state index contributed by atoms with van der Waals surface area (Å²) in [6, 6.07) is 10.4. The van der Waals surface area contributed by atoms with Crippen molar-refractivity contribution in [3.05, 3.63) is 46.7 Å². The summed E-state index contributed by atoms with van der Waals surface area (Å²) in [6.07, 6.45) is 0. The zero-order valence-corrected chi connectivity index (χ0v) is 11.6. The van der Waals surface area contributed by atoms with E-state index < -0.39 is 0 Å². The highest BCUT2D eigenvalue weighted by atomic mass is 35.5. The Balaban J connectivity index is 1.92. The number of rotatable bonds is 4. The second-order valence-corrected chi connectivity index (χ2v) is 5.42. The van der Waals surface area contributed by atoms with Gasteiger partial charge >= 0.3 is 0 Å². The highest BCUT2D eigenvalue weighted by Crippen LogP contribution is 2.21. The van der Waals surface area contributed by atoms with Crippen LogP contribution in [0.4, 0.5) is 0 Å². The van der Waals surface area contributed by atoms with Crippen molar-refractivity contribution in [1.29, 1.82) is 0 Å². The topological polar surface area (TPSA) is 17.8 Å². The summed E-state index contributed by atoms with van der Waals surface area (Å²) in [7, 11) is 0. The Morgan fingerprint density at radius 2 is 1.94 bits per heavy atom. The Bertz CT molecular complexity index is 494. The van der Waals surface area contributed by atoms with E-state index in [4.69, 9.17) is 11.6 Å². The van der Waals surface area contributed by atoms with Gasteiger partial charge in [0.05, 0.1) is 23.0 Å². The van der Waals surface area contributed by atoms with Gasteiger partial charge in [0.1, 0.15) is 0 Å². The summed E-state index contributed by atoms with van der Waals surface area (Å²) in [5.74, 6) is 1.00. The lowest BCUT2D eigenvalue weighted by Gasteiger charge is -2.04. The smallest absolute Gasteiger partial charge is 0.0844 e. The molecule has 0 N–H and O–H groups in total.